The number of alkyl carbamates (subject to hydrolysis) is 1. The Morgan fingerprint density at radius 1 is 1.14 bits per heavy atom. The Balaban J connectivity index is 1.52. The quantitative estimate of drug-likeness (QED) is 0.731. The Hall–Kier alpha value is -3.15. The number of nitrogens with one attached hydrogen (secondary N) is 1. The lowest BCUT2D eigenvalue weighted by molar-refractivity contribution is -0.128. The van der Waals surface area contributed by atoms with Crippen molar-refractivity contribution in [2.75, 3.05) is 13.1 Å². The van der Waals surface area contributed by atoms with Gasteiger partial charge < -0.3 is 15.0 Å². The van der Waals surface area contributed by atoms with Crippen LogP contribution in [-0.4, -0.2) is 41.8 Å². The molecule has 1 heterocycles. The largest absolute Gasteiger partial charge is 0.445 e. The Morgan fingerprint density at radius 3 is 2.62 bits per heavy atom. The number of nitrogens with zero attached hydrogens (tertiary/aromatic N) is 1. The molecule has 0 radical (unpaired) electrons. The second kappa shape index (κ2) is 9.37. The standard InChI is InChI=1S/C23H26N2O4/c1-16-8-9-19(17(2)14-16)22(27)20-10-11-21(26)25(20)13-12-24-23(28)29-15-18-6-4-3-5-7-18/h3-9,14,20H,10-13,15H2,1-2H3,(H,24,28)/t20-/m0/s1. The van der Waals surface area contributed by atoms with Crippen molar-refractivity contribution >= 4 is 17.8 Å². The number of aryl methyl sites for hydroxylation is 2. The summed E-state index contributed by atoms with van der Waals surface area (Å²) in [5.74, 6) is -0.104. The van der Waals surface area contributed by atoms with E-state index in [1.165, 1.54) is 0 Å². The summed E-state index contributed by atoms with van der Waals surface area (Å²) in [7, 11) is 0. The summed E-state index contributed by atoms with van der Waals surface area (Å²) in [6.45, 7) is 4.58. The number of ketones is 1. The number of benzene rings is 2. The van der Waals surface area contributed by atoms with Crippen LogP contribution in [0.4, 0.5) is 4.79 Å². The average Bonchev–Trinajstić information content (AvgIpc) is 3.07. The third kappa shape index (κ3) is 5.22. The van der Waals surface area contributed by atoms with E-state index in [9.17, 15) is 14.4 Å². The minimum absolute atomic E-state index is 0.0417. The zero-order valence-corrected chi connectivity index (χ0v) is 16.8. The molecule has 0 saturated carbocycles. The summed E-state index contributed by atoms with van der Waals surface area (Å²) < 4.78 is 5.17. The Morgan fingerprint density at radius 2 is 1.90 bits per heavy atom. The van der Waals surface area contributed by atoms with E-state index < -0.39 is 12.1 Å². The smallest absolute Gasteiger partial charge is 0.407 e. The minimum Gasteiger partial charge on any atom is -0.445 e. The fraction of sp³-hybridized carbons (Fsp3) is 0.348. The molecule has 6 heteroatoms. The monoisotopic (exact) mass is 394 g/mol. The maximum absolute atomic E-state index is 13.0. The van der Waals surface area contributed by atoms with Crippen molar-refractivity contribution in [1.82, 2.24) is 10.2 Å². The van der Waals surface area contributed by atoms with E-state index in [1.807, 2.05) is 62.4 Å². The highest BCUT2D eigenvalue weighted by molar-refractivity contribution is 6.04. The number of Topliss-reactive ketones (excluding diaryl/α,β-unsaturated/α-hetero) is 1. The van der Waals surface area contributed by atoms with Crippen LogP contribution in [0.5, 0.6) is 0 Å². The van der Waals surface area contributed by atoms with Gasteiger partial charge in [0, 0.05) is 25.1 Å². The van der Waals surface area contributed by atoms with Crippen molar-refractivity contribution in [2.24, 2.45) is 0 Å². The average molecular weight is 394 g/mol. The van der Waals surface area contributed by atoms with Crippen molar-refractivity contribution in [3.8, 4) is 0 Å². The normalized spacial score (nSPS) is 16.0. The molecule has 2 aromatic rings. The van der Waals surface area contributed by atoms with E-state index in [2.05, 4.69) is 5.32 Å². The summed E-state index contributed by atoms with van der Waals surface area (Å²) >= 11 is 0. The lowest BCUT2D eigenvalue weighted by Gasteiger charge is -2.24. The maximum Gasteiger partial charge on any atom is 0.407 e. The number of ether oxygens (including phenoxy) is 1. The highest BCUT2D eigenvalue weighted by Crippen LogP contribution is 2.24. The molecule has 2 aromatic carbocycles. The topological polar surface area (TPSA) is 75.7 Å². The number of amides is 2. The third-order valence-corrected chi connectivity index (χ3v) is 5.11. The molecule has 1 saturated heterocycles. The molecule has 1 aliphatic heterocycles. The van der Waals surface area contributed by atoms with Crippen molar-refractivity contribution in [1.29, 1.82) is 0 Å². The van der Waals surface area contributed by atoms with Crippen LogP contribution in [0, 0.1) is 13.8 Å². The Bertz CT molecular complexity index is 895. The van der Waals surface area contributed by atoms with Gasteiger partial charge in [0.2, 0.25) is 5.91 Å². The second-order valence-corrected chi connectivity index (χ2v) is 7.31. The lowest BCUT2D eigenvalue weighted by Crippen LogP contribution is -2.43. The summed E-state index contributed by atoms with van der Waals surface area (Å²) in [6, 6.07) is 14.6. The first-order valence-corrected chi connectivity index (χ1v) is 9.81. The van der Waals surface area contributed by atoms with Gasteiger partial charge in [0.15, 0.2) is 5.78 Å². The van der Waals surface area contributed by atoms with Gasteiger partial charge in [0.05, 0.1) is 6.04 Å². The number of carbonyl (C=O) groups excluding carboxylic acids is 3. The van der Waals surface area contributed by atoms with Gasteiger partial charge >= 0.3 is 6.09 Å². The molecule has 1 aliphatic rings. The van der Waals surface area contributed by atoms with Gasteiger partial charge in [-0.15, -0.1) is 0 Å². The third-order valence-electron chi connectivity index (χ3n) is 5.11. The summed E-state index contributed by atoms with van der Waals surface area (Å²) in [6.07, 6.45) is 0.307. The van der Waals surface area contributed by atoms with E-state index in [-0.39, 0.29) is 31.4 Å². The maximum atomic E-state index is 13.0. The SMILES string of the molecule is Cc1ccc(C(=O)[C@@H]2CCC(=O)N2CCNC(=O)OCc2ccccc2)c(C)c1. The van der Waals surface area contributed by atoms with E-state index in [0.717, 1.165) is 16.7 Å². The van der Waals surface area contributed by atoms with E-state index in [4.69, 9.17) is 4.74 Å². The molecule has 152 valence electrons. The molecule has 1 atom stereocenters. The Kier molecular flexibility index (Phi) is 6.65. The molecule has 6 nitrogen and oxygen atoms in total. The van der Waals surface area contributed by atoms with Crippen LogP contribution < -0.4 is 5.32 Å². The van der Waals surface area contributed by atoms with Crippen LogP contribution >= 0.6 is 0 Å². The van der Waals surface area contributed by atoms with Gasteiger partial charge in [-0.3, -0.25) is 9.59 Å². The molecule has 1 N–H and O–H groups in total. The van der Waals surface area contributed by atoms with Crippen LogP contribution in [0.2, 0.25) is 0 Å². The Labute approximate surface area is 170 Å². The first kappa shape index (κ1) is 20.6. The van der Waals surface area contributed by atoms with E-state index in [0.29, 0.717) is 18.4 Å². The minimum atomic E-state index is -0.544. The molecule has 0 aliphatic carbocycles. The van der Waals surface area contributed by atoms with Gasteiger partial charge in [-0.25, -0.2) is 4.79 Å². The number of hydrogen-bond donors (Lipinski definition) is 1. The molecule has 2 amide bonds. The molecule has 3 rings (SSSR count). The van der Waals surface area contributed by atoms with Gasteiger partial charge in [-0.2, -0.15) is 0 Å². The van der Waals surface area contributed by atoms with Crippen LogP contribution in [0.3, 0.4) is 0 Å². The van der Waals surface area contributed by atoms with Gasteiger partial charge in [-0.05, 0) is 31.4 Å². The molecule has 29 heavy (non-hydrogen) atoms. The zero-order valence-electron chi connectivity index (χ0n) is 16.8. The molecule has 0 unspecified atom stereocenters. The first-order chi connectivity index (χ1) is 14.0. The molecule has 0 aromatic heterocycles. The van der Waals surface area contributed by atoms with Gasteiger partial charge in [0.1, 0.15) is 6.61 Å². The van der Waals surface area contributed by atoms with E-state index in [1.54, 1.807) is 4.90 Å². The number of hydrogen-bond acceptors (Lipinski definition) is 4. The highest BCUT2D eigenvalue weighted by Gasteiger charge is 2.36. The number of carbonyl (C=O) groups is 3. The predicted octanol–water partition coefficient (Wildman–Crippen LogP) is 3.40. The van der Waals surface area contributed by atoms with Crippen LogP contribution in [0.15, 0.2) is 48.5 Å². The van der Waals surface area contributed by atoms with Crippen molar-refractivity contribution in [3.63, 3.8) is 0 Å². The summed E-state index contributed by atoms with van der Waals surface area (Å²) in [5, 5.41) is 2.65. The highest BCUT2D eigenvalue weighted by atomic mass is 16.5. The summed E-state index contributed by atoms with van der Waals surface area (Å²) in [5.41, 5.74) is 3.56. The lowest BCUT2D eigenvalue weighted by atomic mass is 9.96. The summed E-state index contributed by atoms with van der Waals surface area (Å²) in [4.78, 5) is 38.7. The van der Waals surface area contributed by atoms with Gasteiger partial charge in [-0.1, -0.05) is 54.1 Å². The predicted molar refractivity (Wildman–Crippen MR) is 110 cm³/mol. The van der Waals surface area contributed by atoms with E-state index >= 15 is 0 Å². The fourth-order valence-corrected chi connectivity index (χ4v) is 3.61. The van der Waals surface area contributed by atoms with Gasteiger partial charge in [0.25, 0.3) is 0 Å². The molecule has 0 spiro atoms. The number of rotatable bonds is 7. The van der Waals surface area contributed by atoms with Crippen molar-refractivity contribution in [3.05, 3.63) is 70.8 Å². The second-order valence-electron chi connectivity index (χ2n) is 7.31. The number of likely N-dealkylation sites (tertiary alicyclic amines) is 1. The van der Waals surface area contributed by atoms with Crippen molar-refractivity contribution < 1.29 is 19.1 Å². The molecular weight excluding hydrogens is 368 g/mol. The molecular formula is C23H26N2O4. The molecule has 1 fully saturated rings. The zero-order chi connectivity index (χ0) is 20.8. The van der Waals surface area contributed by atoms with Crippen molar-refractivity contribution in [2.45, 2.75) is 39.3 Å². The van der Waals surface area contributed by atoms with Crippen LogP contribution in [0.1, 0.15) is 39.9 Å². The van der Waals surface area contributed by atoms with Crippen LogP contribution in [0.25, 0.3) is 0 Å². The fourth-order valence-electron chi connectivity index (χ4n) is 3.61. The molecule has 0 bridgehead atoms. The van der Waals surface area contributed by atoms with Crippen LogP contribution in [-0.2, 0) is 16.1 Å². The first-order valence-electron chi connectivity index (χ1n) is 9.81.